The predicted octanol–water partition coefficient (Wildman–Crippen LogP) is 2.21. The van der Waals surface area contributed by atoms with Crippen LogP contribution in [0.3, 0.4) is 0 Å². The summed E-state index contributed by atoms with van der Waals surface area (Å²) in [5.74, 6) is 1.09. The number of ether oxygens (including phenoxy) is 1. The van der Waals surface area contributed by atoms with Crippen LogP contribution in [0.4, 0.5) is 0 Å². The number of hydrogen-bond donors (Lipinski definition) is 1. The monoisotopic (exact) mass is 350 g/mol. The standard InChI is InChI=1S/C19H22N6O/c1-3-13(10-20-5-1)12-26-19-18-16(21-6-7-22-18)9-15(24-19)14-11-23-25-8-2-4-17(14)25/h6-7,9,11,13,20H,1-5,8,10,12H2. The molecule has 2 aliphatic heterocycles. The van der Waals surface area contributed by atoms with Crippen molar-refractivity contribution in [1.29, 1.82) is 0 Å². The first kappa shape index (κ1) is 15.7. The number of fused-ring (bicyclic) bond motifs is 2. The number of nitrogens with one attached hydrogen (secondary N) is 1. The Bertz CT molecular complexity index is 931. The molecule has 26 heavy (non-hydrogen) atoms. The van der Waals surface area contributed by atoms with Crippen molar-refractivity contribution in [3.8, 4) is 17.1 Å². The van der Waals surface area contributed by atoms with Gasteiger partial charge in [0.05, 0.1) is 24.0 Å². The highest BCUT2D eigenvalue weighted by Gasteiger charge is 2.21. The van der Waals surface area contributed by atoms with E-state index in [4.69, 9.17) is 9.72 Å². The lowest BCUT2D eigenvalue weighted by Crippen LogP contribution is -2.33. The molecular formula is C19H22N6O. The molecule has 3 aromatic rings. The van der Waals surface area contributed by atoms with E-state index in [9.17, 15) is 0 Å². The highest BCUT2D eigenvalue weighted by molar-refractivity contribution is 5.83. The summed E-state index contributed by atoms with van der Waals surface area (Å²) >= 11 is 0. The molecule has 7 nitrogen and oxygen atoms in total. The number of pyridine rings is 1. The molecule has 1 atom stereocenters. The molecule has 1 N–H and O–H groups in total. The van der Waals surface area contributed by atoms with Gasteiger partial charge in [-0.1, -0.05) is 0 Å². The summed E-state index contributed by atoms with van der Waals surface area (Å²) in [6, 6.07) is 1.99. The van der Waals surface area contributed by atoms with Crippen molar-refractivity contribution in [3.05, 3.63) is 30.4 Å². The highest BCUT2D eigenvalue weighted by Crippen LogP contribution is 2.31. The minimum absolute atomic E-state index is 0.515. The Morgan fingerprint density at radius 2 is 2.19 bits per heavy atom. The zero-order valence-corrected chi connectivity index (χ0v) is 14.7. The summed E-state index contributed by atoms with van der Waals surface area (Å²) in [5.41, 5.74) is 4.75. The van der Waals surface area contributed by atoms with Gasteiger partial charge in [0.25, 0.3) is 0 Å². The molecule has 1 saturated heterocycles. The topological polar surface area (TPSA) is 77.8 Å². The number of hydrogen-bond acceptors (Lipinski definition) is 6. The molecule has 2 aliphatic rings. The van der Waals surface area contributed by atoms with Gasteiger partial charge in [-0.2, -0.15) is 5.10 Å². The zero-order chi connectivity index (χ0) is 17.3. The maximum atomic E-state index is 6.14. The van der Waals surface area contributed by atoms with Gasteiger partial charge in [0.1, 0.15) is 0 Å². The van der Waals surface area contributed by atoms with Crippen LogP contribution in [-0.2, 0) is 13.0 Å². The van der Waals surface area contributed by atoms with Gasteiger partial charge in [0, 0.05) is 42.7 Å². The van der Waals surface area contributed by atoms with Crippen molar-refractivity contribution in [3.63, 3.8) is 0 Å². The number of rotatable bonds is 4. The number of aryl methyl sites for hydroxylation is 1. The van der Waals surface area contributed by atoms with E-state index in [1.165, 1.54) is 18.5 Å². The van der Waals surface area contributed by atoms with Gasteiger partial charge >= 0.3 is 0 Å². The molecular weight excluding hydrogens is 328 g/mol. The van der Waals surface area contributed by atoms with Crippen molar-refractivity contribution >= 4 is 11.0 Å². The maximum absolute atomic E-state index is 6.14. The Balaban J connectivity index is 1.51. The van der Waals surface area contributed by atoms with E-state index in [0.717, 1.165) is 54.8 Å². The Morgan fingerprint density at radius 3 is 3.12 bits per heavy atom. The van der Waals surface area contributed by atoms with Crippen molar-refractivity contribution in [1.82, 2.24) is 30.0 Å². The van der Waals surface area contributed by atoms with E-state index in [0.29, 0.717) is 18.4 Å². The van der Waals surface area contributed by atoms with Crippen LogP contribution >= 0.6 is 0 Å². The largest absolute Gasteiger partial charge is 0.476 e. The quantitative estimate of drug-likeness (QED) is 0.777. The molecule has 0 aliphatic carbocycles. The molecule has 134 valence electrons. The lowest BCUT2D eigenvalue weighted by Gasteiger charge is -2.22. The second kappa shape index (κ2) is 6.64. The fraction of sp³-hybridized carbons (Fsp3) is 0.474. The molecule has 1 unspecified atom stereocenters. The number of aromatic nitrogens is 5. The van der Waals surface area contributed by atoms with Gasteiger partial charge in [0.15, 0.2) is 5.52 Å². The van der Waals surface area contributed by atoms with E-state index in [1.54, 1.807) is 12.4 Å². The lowest BCUT2D eigenvalue weighted by molar-refractivity contribution is 0.214. The Morgan fingerprint density at radius 1 is 1.23 bits per heavy atom. The second-order valence-corrected chi connectivity index (χ2v) is 7.09. The normalized spacial score (nSPS) is 19.6. The van der Waals surface area contributed by atoms with Gasteiger partial charge in [-0.15, -0.1) is 0 Å². The highest BCUT2D eigenvalue weighted by atomic mass is 16.5. The van der Waals surface area contributed by atoms with Gasteiger partial charge < -0.3 is 10.1 Å². The summed E-state index contributed by atoms with van der Waals surface area (Å²) in [6.45, 7) is 3.74. The van der Waals surface area contributed by atoms with E-state index in [-0.39, 0.29) is 0 Å². The minimum atomic E-state index is 0.515. The molecule has 1 fully saturated rings. The van der Waals surface area contributed by atoms with Crippen molar-refractivity contribution in [2.75, 3.05) is 19.7 Å². The number of nitrogens with zero attached hydrogens (tertiary/aromatic N) is 5. The summed E-state index contributed by atoms with van der Waals surface area (Å²) in [5, 5.41) is 7.92. The van der Waals surface area contributed by atoms with Crippen molar-refractivity contribution in [2.45, 2.75) is 32.2 Å². The lowest BCUT2D eigenvalue weighted by atomic mass is 10.0. The average Bonchev–Trinajstić information content (AvgIpc) is 3.30. The molecule has 0 saturated carbocycles. The van der Waals surface area contributed by atoms with Crippen LogP contribution in [0.1, 0.15) is 25.0 Å². The van der Waals surface area contributed by atoms with Crippen LogP contribution < -0.4 is 10.1 Å². The summed E-state index contributed by atoms with van der Waals surface area (Å²) < 4.78 is 8.21. The van der Waals surface area contributed by atoms with Crippen LogP contribution in [-0.4, -0.2) is 44.4 Å². The third-order valence-corrected chi connectivity index (χ3v) is 5.29. The van der Waals surface area contributed by atoms with E-state index < -0.39 is 0 Å². The molecule has 0 radical (unpaired) electrons. The minimum Gasteiger partial charge on any atom is -0.476 e. The molecule has 5 rings (SSSR count). The predicted molar refractivity (Wildman–Crippen MR) is 98.0 cm³/mol. The third kappa shape index (κ3) is 2.82. The first-order valence-corrected chi connectivity index (χ1v) is 9.39. The SMILES string of the molecule is c1cnc2c(OCC3CCCNC3)nc(-c3cnn4c3CCC4)cc2n1. The third-order valence-electron chi connectivity index (χ3n) is 5.29. The molecule has 5 heterocycles. The van der Waals surface area contributed by atoms with Crippen LogP contribution in [0.2, 0.25) is 0 Å². The van der Waals surface area contributed by atoms with Crippen LogP contribution in [0.15, 0.2) is 24.7 Å². The maximum Gasteiger partial charge on any atom is 0.242 e. The second-order valence-electron chi connectivity index (χ2n) is 7.09. The van der Waals surface area contributed by atoms with Crippen LogP contribution in [0.5, 0.6) is 5.88 Å². The van der Waals surface area contributed by atoms with Crippen LogP contribution in [0, 0.1) is 5.92 Å². The summed E-state index contributed by atoms with van der Waals surface area (Å²) in [7, 11) is 0. The molecule has 0 spiro atoms. The van der Waals surface area contributed by atoms with E-state index in [1.807, 2.05) is 12.3 Å². The first-order valence-electron chi connectivity index (χ1n) is 9.39. The number of piperidine rings is 1. The molecule has 0 aromatic carbocycles. The van der Waals surface area contributed by atoms with E-state index >= 15 is 0 Å². The molecule has 0 bridgehead atoms. The molecule has 3 aromatic heterocycles. The first-order chi connectivity index (χ1) is 12.9. The van der Waals surface area contributed by atoms with Crippen molar-refractivity contribution < 1.29 is 4.74 Å². The summed E-state index contributed by atoms with van der Waals surface area (Å²) in [4.78, 5) is 13.7. The summed E-state index contributed by atoms with van der Waals surface area (Å²) in [6.07, 6.45) is 9.88. The molecule has 0 amide bonds. The Labute approximate surface area is 151 Å². The average molecular weight is 350 g/mol. The fourth-order valence-electron chi connectivity index (χ4n) is 3.92. The fourth-order valence-corrected chi connectivity index (χ4v) is 3.92. The Hall–Kier alpha value is -2.54. The van der Waals surface area contributed by atoms with Gasteiger partial charge in [-0.3, -0.25) is 9.67 Å². The van der Waals surface area contributed by atoms with Gasteiger partial charge in [-0.05, 0) is 38.3 Å². The van der Waals surface area contributed by atoms with Crippen LogP contribution in [0.25, 0.3) is 22.3 Å². The van der Waals surface area contributed by atoms with Gasteiger partial charge in [0.2, 0.25) is 5.88 Å². The van der Waals surface area contributed by atoms with E-state index in [2.05, 4.69) is 25.1 Å². The Kier molecular flexibility index (Phi) is 4.01. The molecule has 7 heteroatoms. The smallest absolute Gasteiger partial charge is 0.242 e. The zero-order valence-electron chi connectivity index (χ0n) is 14.7. The van der Waals surface area contributed by atoms with Gasteiger partial charge in [-0.25, -0.2) is 9.97 Å². The van der Waals surface area contributed by atoms with Crippen molar-refractivity contribution in [2.24, 2.45) is 5.92 Å².